The molecule has 5 nitrogen and oxygen atoms in total. The lowest BCUT2D eigenvalue weighted by Crippen LogP contribution is -3.06. The number of halogens is 3. The number of alkyl halides is 3. The van der Waals surface area contributed by atoms with E-state index in [2.05, 4.69) is 5.32 Å². The lowest BCUT2D eigenvalue weighted by atomic mass is 10.1. The summed E-state index contributed by atoms with van der Waals surface area (Å²) in [7, 11) is 3.94. The molecule has 2 amide bonds. The molecule has 0 aromatic heterocycles. The first kappa shape index (κ1) is 20.6. The molecule has 0 aliphatic carbocycles. The zero-order valence-corrected chi connectivity index (χ0v) is 15.7. The molecule has 9 heteroatoms. The summed E-state index contributed by atoms with van der Waals surface area (Å²) in [6, 6.07) is 4.04. The van der Waals surface area contributed by atoms with Gasteiger partial charge in [0, 0.05) is 0 Å². The third-order valence-corrected chi connectivity index (χ3v) is 5.38. The molecule has 144 valence electrons. The molecule has 1 aromatic carbocycles. The normalized spacial score (nSPS) is 19.1. The number of rotatable bonds is 6. The Bertz CT molecular complexity index is 650. The van der Waals surface area contributed by atoms with Crippen molar-refractivity contribution in [3.8, 4) is 0 Å². The van der Waals surface area contributed by atoms with Crippen molar-refractivity contribution in [2.45, 2.75) is 24.5 Å². The van der Waals surface area contributed by atoms with Gasteiger partial charge in [0.2, 0.25) is 11.8 Å². The van der Waals surface area contributed by atoms with Crippen LogP contribution in [0.4, 0.5) is 13.2 Å². The van der Waals surface area contributed by atoms with Gasteiger partial charge in [-0.1, -0.05) is 12.1 Å². The molecule has 2 rings (SSSR count). The first-order chi connectivity index (χ1) is 12.1. The second-order valence-corrected chi connectivity index (χ2v) is 7.58. The number of amides is 2. The number of benzene rings is 1. The summed E-state index contributed by atoms with van der Waals surface area (Å²) in [5.74, 6) is -0.259. The molecule has 1 aromatic rings. The Morgan fingerprint density at radius 1 is 1.35 bits per heavy atom. The zero-order valence-electron chi connectivity index (χ0n) is 14.9. The summed E-state index contributed by atoms with van der Waals surface area (Å²) in [5, 5.41) is 2.33. The average Bonchev–Trinajstić information content (AvgIpc) is 2.94. The molecule has 1 aliphatic rings. The lowest BCUT2D eigenvalue weighted by Gasteiger charge is -2.29. The summed E-state index contributed by atoms with van der Waals surface area (Å²) in [6.45, 7) is 2.88. The molecule has 0 radical (unpaired) electrons. The maximum absolute atomic E-state index is 12.7. The smallest absolute Gasteiger partial charge is 0.349 e. The van der Waals surface area contributed by atoms with Crippen molar-refractivity contribution >= 4 is 23.6 Å². The van der Waals surface area contributed by atoms with E-state index in [1.54, 1.807) is 6.92 Å². The van der Waals surface area contributed by atoms with Gasteiger partial charge >= 0.3 is 6.18 Å². The van der Waals surface area contributed by atoms with Crippen LogP contribution < -0.4 is 10.2 Å². The topological polar surface area (TPSA) is 53.9 Å². The van der Waals surface area contributed by atoms with Gasteiger partial charge in [0.05, 0.1) is 38.5 Å². The summed E-state index contributed by atoms with van der Waals surface area (Å²) >= 11 is 1.31. The van der Waals surface area contributed by atoms with E-state index in [0.717, 1.165) is 18.7 Å². The highest BCUT2D eigenvalue weighted by molar-refractivity contribution is 8.00. The monoisotopic (exact) mass is 390 g/mol. The zero-order chi connectivity index (χ0) is 19.5. The SMILES string of the molecule is C[C@H](C(=O)NCC[NH+](C)C)N1C(=O)CS[C@@H]1c1ccc(C(F)(F)F)cc1. The lowest BCUT2D eigenvalue weighted by molar-refractivity contribution is -0.856. The molecule has 2 atom stereocenters. The molecular formula is C17H23F3N3O2S+. The van der Waals surface area contributed by atoms with E-state index in [1.165, 1.54) is 33.7 Å². The van der Waals surface area contributed by atoms with Gasteiger partial charge in [0.25, 0.3) is 0 Å². The molecule has 26 heavy (non-hydrogen) atoms. The second-order valence-electron chi connectivity index (χ2n) is 6.51. The van der Waals surface area contributed by atoms with Crippen LogP contribution in [0.3, 0.4) is 0 Å². The maximum Gasteiger partial charge on any atom is 0.416 e. The molecule has 1 aliphatic heterocycles. The number of likely N-dealkylation sites (N-methyl/N-ethyl adjacent to an activating group) is 1. The Balaban J connectivity index is 2.11. The summed E-state index contributed by atoms with van der Waals surface area (Å²) in [6.07, 6.45) is -4.40. The first-order valence-electron chi connectivity index (χ1n) is 8.28. The number of nitrogens with zero attached hydrogens (tertiary/aromatic N) is 1. The molecular weight excluding hydrogens is 367 g/mol. The summed E-state index contributed by atoms with van der Waals surface area (Å²) < 4.78 is 38.2. The largest absolute Gasteiger partial charge is 0.416 e. The van der Waals surface area contributed by atoms with Crippen molar-refractivity contribution in [2.24, 2.45) is 0 Å². The van der Waals surface area contributed by atoms with Crippen LogP contribution in [0.15, 0.2) is 24.3 Å². The van der Waals surface area contributed by atoms with E-state index in [9.17, 15) is 22.8 Å². The molecule has 1 heterocycles. The number of hydrogen-bond donors (Lipinski definition) is 2. The Morgan fingerprint density at radius 2 is 1.96 bits per heavy atom. The van der Waals surface area contributed by atoms with Gasteiger partial charge in [-0.05, 0) is 24.6 Å². The van der Waals surface area contributed by atoms with E-state index < -0.39 is 23.2 Å². The van der Waals surface area contributed by atoms with Gasteiger partial charge in [-0.15, -0.1) is 11.8 Å². The van der Waals surface area contributed by atoms with Gasteiger partial charge in [0.15, 0.2) is 0 Å². The fourth-order valence-corrected chi connectivity index (χ4v) is 3.92. The third-order valence-electron chi connectivity index (χ3n) is 4.15. The highest BCUT2D eigenvalue weighted by Gasteiger charge is 2.39. The van der Waals surface area contributed by atoms with Crippen molar-refractivity contribution < 1.29 is 27.7 Å². The molecule has 0 spiro atoms. The van der Waals surface area contributed by atoms with Crippen LogP contribution in [0.25, 0.3) is 0 Å². The summed E-state index contributed by atoms with van der Waals surface area (Å²) in [4.78, 5) is 27.2. The minimum atomic E-state index is -4.40. The molecule has 0 bridgehead atoms. The fourth-order valence-electron chi connectivity index (χ4n) is 2.66. The standard InChI is InChI=1S/C17H22F3N3O2S/c1-11(15(25)21-8-9-22(2)3)23-14(24)10-26-16(23)12-4-6-13(7-5-12)17(18,19)20/h4-7,11,16H,8-10H2,1-3H3,(H,21,25)/p+1/t11-,16-/m1/s1. The first-order valence-corrected chi connectivity index (χ1v) is 9.33. The number of quaternary nitrogens is 1. The van der Waals surface area contributed by atoms with Gasteiger partial charge in [-0.25, -0.2) is 0 Å². The fraction of sp³-hybridized carbons (Fsp3) is 0.529. The number of carbonyl (C=O) groups excluding carboxylic acids is 2. The number of carbonyl (C=O) groups is 2. The Kier molecular flexibility index (Phi) is 6.57. The third kappa shape index (κ3) is 4.91. The Hall–Kier alpha value is -1.74. The molecule has 1 fully saturated rings. The highest BCUT2D eigenvalue weighted by atomic mass is 32.2. The van der Waals surface area contributed by atoms with E-state index in [1.807, 2.05) is 14.1 Å². The maximum atomic E-state index is 12.7. The molecule has 0 saturated carbocycles. The second kappa shape index (κ2) is 8.30. The molecule has 0 unspecified atom stereocenters. The quantitative estimate of drug-likeness (QED) is 0.760. The van der Waals surface area contributed by atoms with Gasteiger partial charge in [-0.3, -0.25) is 9.59 Å². The van der Waals surface area contributed by atoms with Crippen LogP contribution >= 0.6 is 11.8 Å². The highest BCUT2D eigenvalue weighted by Crippen LogP contribution is 2.40. The van der Waals surface area contributed by atoms with Crippen LogP contribution in [-0.4, -0.2) is 55.7 Å². The van der Waals surface area contributed by atoms with Crippen molar-refractivity contribution in [2.75, 3.05) is 32.9 Å². The van der Waals surface area contributed by atoms with Crippen LogP contribution in [0.2, 0.25) is 0 Å². The van der Waals surface area contributed by atoms with Crippen molar-refractivity contribution in [3.63, 3.8) is 0 Å². The average molecular weight is 390 g/mol. The number of hydrogen-bond acceptors (Lipinski definition) is 3. The van der Waals surface area contributed by atoms with Crippen LogP contribution in [0, 0.1) is 0 Å². The minimum Gasteiger partial charge on any atom is -0.349 e. The van der Waals surface area contributed by atoms with Gasteiger partial charge in [0.1, 0.15) is 11.4 Å². The van der Waals surface area contributed by atoms with Crippen LogP contribution in [0.5, 0.6) is 0 Å². The van der Waals surface area contributed by atoms with E-state index in [4.69, 9.17) is 0 Å². The van der Waals surface area contributed by atoms with Crippen molar-refractivity contribution in [1.29, 1.82) is 0 Å². The van der Waals surface area contributed by atoms with Gasteiger partial charge < -0.3 is 15.1 Å². The Labute approximate surface area is 154 Å². The Morgan fingerprint density at radius 3 is 2.50 bits per heavy atom. The number of thioether (sulfide) groups is 1. The molecule has 2 N–H and O–H groups in total. The number of nitrogens with one attached hydrogen (secondary N) is 2. The molecule has 1 saturated heterocycles. The van der Waals surface area contributed by atoms with Crippen molar-refractivity contribution in [3.05, 3.63) is 35.4 Å². The minimum absolute atomic E-state index is 0.194. The van der Waals surface area contributed by atoms with E-state index >= 15 is 0 Å². The van der Waals surface area contributed by atoms with E-state index in [0.29, 0.717) is 12.1 Å². The predicted octanol–water partition coefficient (Wildman–Crippen LogP) is 0.929. The van der Waals surface area contributed by atoms with Gasteiger partial charge in [-0.2, -0.15) is 13.2 Å². The van der Waals surface area contributed by atoms with Crippen LogP contribution in [0.1, 0.15) is 23.4 Å². The van der Waals surface area contributed by atoms with E-state index in [-0.39, 0.29) is 17.6 Å². The summed E-state index contributed by atoms with van der Waals surface area (Å²) in [5.41, 5.74) is -0.162. The predicted molar refractivity (Wildman–Crippen MR) is 93.6 cm³/mol. The van der Waals surface area contributed by atoms with Crippen LogP contribution in [-0.2, 0) is 15.8 Å². The van der Waals surface area contributed by atoms with Crippen molar-refractivity contribution in [1.82, 2.24) is 10.2 Å².